The summed E-state index contributed by atoms with van der Waals surface area (Å²) >= 11 is 0. The molecule has 9 heteroatoms. The Kier molecular flexibility index (Phi) is 14.1. The van der Waals surface area contributed by atoms with Gasteiger partial charge in [-0.25, -0.2) is 4.79 Å². The molecule has 2 aromatic rings. The lowest BCUT2D eigenvalue weighted by Gasteiger charge is -2.09. The largest absolute Gasteiger partial charge is 0.494 e. The minimum absolute atomic E-state index is 0.140. The first-order chi connectivity index (χ1) is 16.2. The van der Waals surface area contributed by atoms with Gasteiger partial charge in [0.25, 0.3) is 0 Å². The minimum Gasteiger partial charge on any atom is -0.494 e. The van der Waals surface area contributed by atoms with Gasteiger partial charge in [0.15, 0.2) is 0 Å². The van der Waals surface area contributed by atoms with Crippen LogP contribution in [0.25, 0.3) is 0 Å². The second kappa shape index (κ2) is 16.5. The van der Waals surface area contributed by atoms with E-state index in [-0.39, 0.29) is 6.42 Å². The number of aliphatic carboxylic acids is 2. The van der Waals surface area contributed by atoms with Crippen LogP contribution < -0.4 is 10.1 Å². The van der Waals surface area contributed by atoms with Crippen LogP contribution in [0.2, 0.25) is 0 Å². The van der Waals surface area contributed by atoms with E-state index < -0.39 is 18.1 Å². The zero-order valence-corrected chi connectivity index (χ0v) is 19.0. The van der Waals surface area contributed by atoms with Crippen molar-refractivity contribution in [2.45, 2.75) is 57.7 Å². The number of ether oxygens (including phenoxy) is 1. The first kappa shape index (κ1) is 29.0. The third kappa shape index (κ3) is 14.9. The molecule has 0 saturated heterocycles. The van der Waals surface area contributed by atoms with E-state index in [1.807, 2.05) is 24.3 Å². The summed E-state index contributed by atoms with van der Waals surface area (Å²) in [6.07, 6.45) is 2.28. The Balaban J connectivity index is 0.000000718. The molecule has 188 valence electrons. The van der Waals surface area contributed by atoms with E-state index in [1.54, 1.807) is 0 Å². The fourth-order valence-electron chi connectivity index (χ4n) is 2.97. The van der Waals surface area contributed by atoms with Gasteiger partial charge in [-0.05, 0) is 42.5 Å². The van der Waals surface area contributed by atoms with Gasteiger partial charge < -0.3 is 20.3 Å². The fourth-order valence-corrected chi connectivity index (χ4v) is 2.97. The number of benzene rings is 2. The summed E-state index contributed by atoms with van der Waals surface area (Å²) in [6.45, 7) is 1.88. The normalized spacial score (nSPS) is 10.8. The minimum atomic E-state index is -5.08. The predicted molar refractivity (Wildman–Crippen MR) is 123 cm³/mol. The van der Waals surface area contributed by atoms with Crippen LogP contribution >= 0.6 is 0 Å². The molecule has 34 heavy (non-hydrogen) atoms. The number of carboxylic acid groups (broad SMARTS) is 2. The highest BCUT2D eigenvalue weighted by molar-refractivity contribution is 5.73. The van der Waals surface area contributed by atoms with Crippen molar-refractivity contribution in [1.82, 2.24) is 5.32 Å². The highest BCUT2D eigenvalue weighted by Crippen LogP contribution is 2.15. The maximum absolute atomic E-state index is 10.6. The molecule has 0 bridgehead atoms. The highest BCUT2D eigenvalue weighted by atomic mass is 19.4. The molecular formula is C25H32F3NO5. The van der Waals surface area contributed by atoms with Crippen LogP contribution in [-0.2, 0) is 22.6 Å². The first-order valence-electron chi connectivity index (χ1n) is 11.2. The Morgan fingerprint density at radius 1 is 0.853 bits per heavy atom. The Morgan fingerprint density at radius 2 is 1.47 bits per heavy atom. The summed E-state index contributed by atoms with van der Waals surface area (Å²) < 4.78 is 37.6. The molecule has 0 unspecified atom stereocenters. The Hall–Kier alpha value is -3.07. The van der Waals surface area contributed by atoms with Crippen molar-refractivity contribution in [3.63, 3.8) is 0 Å². The van der Waals surface area contributed by atoms with Crippen LogP contribution in [0.15, 0.2) is 54.6 Å². The topological polar surface area (TPSA) is 95.9 Å². The van der Waals surface area contributed by atoms with Crippen molar-refractivity contribution in [2.75, 3.05) is 13.2 Å². The number of carbonyl (C=O) groups is 2. The van der Waals surface area contributed by atoms with Crippen molar-refractivity contribution in [2.24, 2.45) is 0 Å². The van der Waals surface area contributed by atoms with Crippen LogP contribution in [0, 0.1) is 0 Å². The Morgan fingerprint density at radius 3 is 2.12 bits per heavy atom. The average Bonchev–Trinajstić information content (AvgIpc) is 2.79. The molecular weight excluding hydrogens is 451 g/mol. The molecule has 3 N–H and O–H groups in total. The van der Waals surface area contributed by atoms with Gasteiger partial charge in [-0.2, -0.15) is 13.2 Å². The van der Waals surface area contributed by atoms with E-state index in [1.165, 1.54) is 37.7 Å². The zero-order valence-electron chi connectivity index (χ0n) is 19.0. The molecule has 0 aliphatic heterocycles. The van der Waals surface area contributed by atoms with E-state index in [0.29, 0.717) is 13.1 Å². The lowest BCUT2D eigenvalue weighted by molar-refractivity contribution is -0.192. The van der Waals surface area contributed by atoms with E-state index >= 15 is 0 Å². The van der Waals surface area contributed by atoms with Crippen molar-refractivity contribution in [1.29, 1.82) is 0 Å². The van der Waals surface area contributed by atoms with Gasteiger partial charge in [-0.15, -0.1) is 0 Å². The summed E-state index contributed by atoms with van der Waals surface area (Å²) in [5.74, 6) is -2.65. The molecule has 0 aromatic heterocycles. The van der Waals surface area contributed by atoms with E-state index in [0.717, 1.165) is 24.3 Å². The van der Waals surface area contributed by atoms with Gasteiger partial charge in [0.2, 0.25) is 0 Å². The number of hydrogen-bond acceptors (Lipinski definition) is 4. The fraction of sp³-hybridized carbons (Fsp3) is 0.440. The average molecular weight is 484 g/mol. The smallest absolute Gasteiger partial charge is 0.490 e. The van der Waals surface area contributed by atoms with Gasteiger partial charge in [0.05, 0.1) is 13.0 Å². The van der Waals surface area contributed by atoms with Gasteiger partial charge in [0, 0.05) is 13.1 Å². The van der Waals surface area contributed by atoms with Gasteiger partial charge >= 0.3 is 18.1 Å². The Bertz CT molecular complexity index is 844. The lowest BCUT2D eigenvalue weighted by atomic mass is 10.1. The third-order valence-electron chi connectivity index (χ3n) is 4.71. The van der Waals surface area contributed by atoms with Gasteiger partial charge in [0.1, 0.15) is 5.75 Å². The maximum atomic E-state index is 10.6. The van der Waals surface area contributed by atoms with Crippen molar-refractivity contribution in [3.05, 3.63) is 65.7 Å². The van der Waals surface area contributed by atoms with Crippen LogP contribution in [0.4, 0.5) is 13.2 Å². The second-order valence-electron chi connectivity index (χ2n) is 7.62. The van der Waals surface area contributed by atoms with E-state index in [2.05, 4.69) is 35.6 Å². The molecule has 0 spiro atoms. The number of nitrogens with one attached hydrogen (secondary N) is 1. The molecule has 0 heterocycles. The number of alkyl halides is 3. The molecule has 0 saturated carbocycles. The first-order valence-corrected chi connectivity index (χ1v) is 11.2. The summed E-state index contributed by atoms with van der Waals surface area (Å²) in [5, 5.41) is 18.9. The predicted octanol–water partition coefficient (Wildman–Crippen LogP) is 5.46. The van der Waals surface area contributed by atoms with Gasteiger partial charge in [-0.1, -0.05) is 61.7 Å². The maximum Gasteiger partial charge on any atom is 0.490 e. The van der Waals surface area contributed by atoms with Crippen LogP contribution in [0.3, 0.4) is 0 Å². The van der Waals surface area contributed by atoms with Crippen molar-refractivity contribution in [3.8, 4) is 5.75 Å². The van der Waals surface area contributed by atoms with Crippen LogP contribution in [0.5, 0.6) is 5.75 Å². The zero-order chi connectivity index (χ0) is 25.2. The van der Waals surface area contributed by atoms with Crippen molar-refractivity contribution < 1.29 is 37.7 Å². The lowest BCUT2D eigenvalue weighted by Crippen LogP contribution is -2.21. The number of halogens is 3. The van der Waals surface area contributed by atoms with Crippen LogP contribution in [0.1, 0.15) is 49.7 Å². The molecule has 0 aliphatic rings. The Labute approximate surface area is 197 Å². The van der Waals surface area contributed by atoms with E-state index in [4.69, 9.17) is 19.7 Å². The SMILES string of the molecule is O=C(O)C(F)(F)F.O=C(O)CCNCc1cccc(OCCCCCCCc2ccccc2)c1. The summed E-state index contributed by atoms with van der Waals surface area (Å²) in [5.41, 5.74) is 2.54. The summed E-state index contributed by atoms with van der Waals surface area (Å²) in [4.78, 5) is 19.4. The number of carboxylic acids is 2. The van der Waals surface area contributed by atoms with Gasteiger partial charge in [-0.3, -0.25) is 4.79 Å². The number of hydrogen-bond donors (Lipinski definition) is 3. The molecule has 0 atom stereocenters. The molecule has 2 rings (SSSR count). The van der Waals surface area contributed by atoms with Crippen LogP contribution in [-0.4, -0.2) is 41.5 Å². The number of aryl methyl sites for hydroxylation is 1. The quantitative estimate of drug-likeness (QED) is 0.309. The molecule has 0 amide bonds. The highest BCUT2D eigenvalue weighted by Gasteiger charge is 2.38. The molecule has 0 radical (unpaired) electrons. The third-order valence-corrected chi connectivity index (χ3v) is 4.71. The molecule has 0 fully saturated rings. The second-order valence-corrected chi connectivity index (χ2v) is 7.62. The molecule has 0 aliphatic carbocycles. The molecule has 2 aromatic carbocycles. The van der Waals surface area contributed by atoms with E-state index in [9.17, 15) is 18.0 Å². The monoisotopic (exact) mass is 483 g/mol. The van der Waals surface area contributed by atoms with Crippen molar-refractivity contribution >= 4 is 11.9 Å². The number of rotatable bonds is 14. The molecule has 6 nitrogen and oxygen atoms in total. The summed E-state index contributed by atoms with van der Waals surface area (Å²) in [7, 11) is 0. The number of unbranched alkanes of at least 4 members (excludes halogenated alkanes) is 4. The summed E-state index contributed by atoms with van der Waals surface area (Å²) in [6, 6.07) is 18.7. The standard InChI is InChI=1S/C23H31NO3.C2HF3O2/c25-23(26)15-16-24-19-21-13-9-14-22(18-21)27-17-8-3-1-2-5-10-20-11-6-4-7-12-20;3-2(4,5)1(6)7/h4,6-7,9,11-14,18,24H,1-3,5,8,10,15-17,19H2,(H,25,26);(H,6,7).